The smallest absolute Gasteiger partial charge is 0.0661 e. The van der Waals surface area contributed by atoms with Crippen molar-refractivity contribution in [3.05, 3.63) is 0 Å². The molecule has 0 aliphatic heterocycles. The lowest BCUT2D eigenvalue weighted by molar-refractivity contribution is 0.231. The molecule has 2 fully saturated rings. The van der Waals surface area contributed by atoms with Gasteiger partial charge in [-0.1, -0.05) is 13.8 Å². The second-order valence-corrected chi connectivity index (χ2v) is 4.39. The van der Waals surface area contributed by atoms with Gasteiger partial charge in [-0.2, -0.15) is 5.26 Å². The second-order valence-electron chi connectivity index (χ2n) is 4.39. The lowest BCUT2D eigenvalue weighted by Crippen LogP contribution is -2.23. The standard InChI is InChI=1S/C10H15N/c1-6-3-8-4-9(6)10(5-11)7(8)2/h6-10H,3-4H2,1-2H3/t6-,7+,8+,9-,10-/m1/s1. The van der Waals surface area contributed by atoms with Gasteiger partial charge in [0, 0.05) is 0 Å². The van der Waals surface area contributed by atoms with Crippen molar-refractivity contribution in [1.29, 1.82) is 5.26 Å². The molecule has 0 N–H and O–H groups in total. The summed E-state index contributed by atoms with van der Waals surface area (Å²) < 4.78 is 0. The molecule has 0 unspecified atom stereocenters. The van der Waals surface area contributed by atoms with Crippen molar-refractivity contribution in [2.45, 2.75) is 26.7 Å². The average Bonchev–Trinajstić information content (AvgIpc) is 2.45. The van der Waals surface area contributed by atoms with E-state index in [9.17, 15) is 0 Å². The highest BCUT2D eigenvalue weighted by atomic mass is 14.5. The quantitative estimate of drug-likeness (QED) is 0.519. The highest BCUT2D eigenvalue weighted by Crippen LogP contribution is 2.54. The molecule has 0 heterocycles. The van der Waals surface area contributed by atoms with E-state index in [1.807, 2.05) is 0 Å². The molecule has 1 heteroatoms. The Hall–Kier alpha value is -0.510. The number of hydrogen-bond acceptors (Lipinski definition) is 1. The molecule has 60 valence electrons. The summed E-state index contributed by atoms with van der Waals surface area (Å²) in [5, 5.41) is 8.93. The number of nitrogens with zero attached hydrogens (tertiary/aromatic N) is 1. The molecule has 2 saturated carbocycles. The molecular weight excluding hydrogens is 134 g/mol. The zero-order valence-corrected chi connectivity index (χ0v) is 7.25. The molecule has 0 aromatic carbocycles. The van der Waals surface area contributed by atoms with Crippen molar-refractivity contribution in [3.63, 3.8) is 0 Å². The van der Waals surface area contributed by atoms with Gasteiger partial charge in [0.05, 0.1) is 12.0 Å². The largest absolute Gasteiger partial charge is 0.198 e. The third kappa shape index (κ3) is 0.819. The first-order valence-electron chi connectivity index (χ1n) is 4.63. The summed E-state index contributed by atoms with van der Waals surface area (Å²) in [5.74, 6) is 3.49. The lowest BCUT2D eigenvalue weighted by Gasteiger charge is -2.27. The van der Waals surface area contributed by atoms with Crippen LogP contribution >= 0.6 is 0 Å². The Morgan fingerprint density at radius 3 is 2.45 bits per heavy atom. The molecule has 0 spiro atoms. The normalized spacial score (nSPS) is 54.5. The highest BCUT2D eigenvalue weighted by Gasteiger charge is 2.48. The Bertz CT molecular complexity index is 203. The van der Waals surface area contributed by atoms with E-state index in [-0.39, 0.29) is 0 Å². The number of fused-ring (bicyclic) bond motifs is 2. The van der Waals surface area contributed by atoms with Gasteiger partial charge in [0.25, 0.3) is 0 Å². The lowest BCUT2D eigenvalue weighted by atomic mass is 9.76. The summed E-state index contributed by atoms with van der Waals surface area (Å²) in [4.78, 5) is 0. The minimum Gasteiger partial charge on any atom is -0.198 e. The van der Waals surface area contributed by atoms with E-state index in [0.29, 0.717) is 11.8 Å². The molecule has 0 amide bonds. The molecule has 11 heavy (non-hydrogen) atoms. The van der Waals surface area contributed by atoms with Crippen molar-refractivity contribution in [2.75, 3.05) is 0 Å². The van der Waals surface area contributed by atoms with Gasteiger partial charge in [-0.15, -0.1) is 0 Å². The molecule has 2 bridgehead atoms. The van der Waals surface area contributed by atoms with E-state index in [0.717, 1.165) is 17.8 Å². The van der Waals surface area contributed by atoms with E-state index in [4.69, 9.17) is 5.26 Å². The number of nitriles is 1. The summed E-state index contributed by atoms with van der Waals surface area (Å²) in [6.07, 6.45) is 2.71. The van der Waals surface area contributed by atoms with E-state index in [2.05, 4.69) is 19.9 Å². The Morgan fingerprint density at radius 1 is 1.27 bits per heavy atom. The summed E-state index contributed by atoms with van der Waals surface area (Å²) in [7, 11) is 0. The van der Waals surface area contributed by atoms with Crippen molar-refractivity contribution in [3.8, 4) is 6.07 Å². The maximum atomic E-state index is 8.93. The van der Waals surface area contributed by atoms with Gasteiger partial charge < -0.3 is 0 Å². The molecule has 5 atom stereocenters. The Morgan fingerprint density at radius 2 is 2.00 bits per heavy atom. The van der Waals surface area contributed by atoms with Gasteiger partial charge in [-0.05, 0) is 36.5 Å². The van der Waals surface area contributed by atoms with Crippen molar-refractivity contribution < 1.29 is 0 Å². The monoisotopic (exact) mass is 149 g/mol. The molecule has 2 aliphatic carbocycles. The first kappa shape index (κ1) is 7.16. The third-order valence-corrected chi connectivity index (χ3v) is 3.90. The van der Waals surface area contributed by atoms with Crippen LogP contribution in [0.3, 0.4) is 0 Å². The summed E-state index contributed by atoms with van der Waals surface area (Å²) in [6.45, 7) is 4.56. The van der Waals surface area contributed by atoms with E-state index >= 15 is 0 Å². The Kier molecular flexibility index (Phi) is 1.45. The van der Waals surface area contributed by atoms with Crippen LogP contribution in [0.15, 0.2) is 0 Å². The fraction of sp³-hybridized carbons (Fsp3) is 0.900. The van der Waals surface area contributed by atoms with Crippen LogP contribution in [0.5, 0.6) is 0 Å². The van der Waals surface area contributed by atoms with Gasteiger partial charge in [-0.25, -0.2) is 0 Å². The van der Waals surface area contributed by atoms with Gasteiger partial charge >= 0.3 is 0 Å². The van der Waals surface area contributed by atoms with Gasteiger partial charge in [0.1, 0.15) is 0 Å². The zero-order valence-electron chi connectivity index (χ0n) is 7.25. The van der Waals surface area contributed by atoms with E-state index < -0.39 is 0 Å². The van der Waals surface area contributed by atoms with Gasteiger partial charge in [0.2, 0.25) is 0 Å². The summed E-state index contributed by atoms with van der Waals surface area (Å²) in [6, 6.07) is 2.48. The average molecular weight is 149 g/mol. The van der Waals surface area contributed by atoms with Crippen LogP contribution in [0.4, 0.5) is 0 Å². The fourth-order valence-corrected chi connectivity index (χ4v) is 3.16. The van der Waals surface area contributed by atoms with Crippen LogP contribution in [-0.2, 0) is 0 Å². The Balaban J connectivity index is 2.21. The minimum atomic E-state index is 0.378. The van der Waals surface area contributed by atoms with Gasteiger partial charge in [0.15, 0.2) is 0 Å². The summed E-state index contributed by atoms with van der Waals surface area (Å²) in [5.41, 5.74) is 0. The zero-order chi connectivity index (χ0) is 8.01. The summed E-state index contributed by atoms with van der Waals surface area (Å²) >= 11 is 0. The van der Waals surface area contributed by atoms with Crippen molar-refractivity contribution in [2.24, 2.45) is 29.6 Å². The van der Waals surface area contributed by atoms with Crippen LogP contribution < -0.4 is 0 Å². The van der Waals surface area contributed by atoms with Crippen LogP contribution in [0.2, 0.25) is 0 Å². The minimum absolute atomic E-state index is 0.378. The highest BCUT2D eigenvalue weighted by molar-refractivity contribution is 5.05. The van der Waals surface area contributed by atoms with Crippen molar-refractivity contribution >= 4 is 0 Å². The first-order valence-corrected chi connectivity index (χ1v) is 4.63. The number of hydrogen-bond donors (Lipinski definition) is 0. The molecule has 0 radical (unpaired) electrons. The Labute approximate surface area is 68.4 Å². The number of rotatable bonds is 0. The topological polar surface area (TPSA) is 23.8 Å². The van der Waals surface area contributed by atoms with Gasteiger partial charge in [-0.3, -0.25) is 0 Å². The molecular formula is C10H15N. The molecule has 0 aromatic heterocycles. The maximum Gasteiger partial charge on any atom is 0.0661 e. The van der Waals surface area contributed by atoms with Crippen LogP contribution in [-0.4, -0.2) is 0 Å². The molecule has 0 saturated heterocycles. The maximum absolute atomic E-state index is 8.93. The van der Waals surface area contributed by atoms with Crippen LogP contribution in [0, 0.1) is 40.9 Å². The third-order valence-electron chi connectivity index (χ3n) is 3.90. The van der Waals surface area contributed by atoms with E-state index in [1.54, 1.807) is 0 Å². The second kappa shape index (κ2) is 2.24. The molecule has 2 aliphatic rings. The first-order chi connectivity index (χ1) is 5.24. The SMILES string of the molecule is C[C@H]1[C@@H]2C[C@@H]([C@@H]1C#N)[C@H](C)C2. The molecule has 2 rings (SSSR count). The molecule has 0 aromatic rings. The predicted octanol–water partition coefficient (Wildman–Crippen LogP) is 2.44. The van der Waals surface area contributed by atoms with Crippen LogP contribution in [0.1, 0.15) is 26.7 Å². The fourth-order valence-electron chi connectivity index (χ4n) is 3.16. The van der Waals surface area contributed by atoms with E-state index in [1.165, 1.54) is 12.8 Å². The van der Waals surface area contributed by atoms with Crippen LogP contribution in [0.25, 0.3) is 0 Å². The predicted molar refractivity (Wildman–Crippen MR) is 43.6 cm³/mol. The van der Waals surface area contributed by atoms with Crippen molar-refractivity contribution in [1.82, 2.24) is 0 Å². The molecule has 1 nitrogen and oxygen atoms in total.